The second kappa shape index (κ2) is 5.40. The number of carbonyl (C=O) groups is 3. The molecular weight excluding hydrogens is 290 g/mol. The second-order valence-electron chi connectivity index (χ2n) is 5.26. The predicted octanol–water partition coefficient (Wildman–Crippen LogP) is 1.34. The van der Waals surface area contributed by atoms with Gasteiger partial charge in [0.1, 0.15) is 6.54 Å². The molecule has 2 atom stereocenters. The molecule has 1 aromatic rings. The minimum absolute atomic E-state index is 0.233. The lowest BCUT2D eigenvalue weighted by Gasteiger charge is -2.14. The van der Waals surface area contributed by atoms with Crippen LogP contribution in [0.4, 0.5) is 5.13 Å². The number of amides is 3. The Morgan fingerprint density at radius 1 is 1.33 bits per heavy atom. The van der Waals surface area contributed by atoms with Gasteiger partial charge >= 0.3 is 0 Å². The number of aromatic nitrogens is 1. The molecule has 0 spiro atoms. The molecule has 110 valence electrons. The second-order valence-corrected chi connectivity index (χ2v) is 6.12. The Bertz CT molecular complexity index is 611. The molecule has 1 fully saturated rings. The van der Waals surface area contributed by atoms with E-state index in [4.69, 9.17) is 0 Å². The monoisotopic (exact) mass is 305 g/mol. The summed E-state index contributed by atoms with van der Waals surface area (Å²) in [5.41, 5.74) is 0.820. The molecular formula is C14H15N3O3S. The number of nitrogens with zero attached hydrogens (tertiary/aromatic N) is 2. The first-order valence-corrected chi connectivity index (χ1v) is 7.66. The molecule has 0 radical (unpaired) electrons. The summed E-state index contributed by atoms with van der Waals surface area (Å²) in [6, 6.07) is 0. The Hall–Kier alpha value is -2.02. The van der Waals surface area contributed by atoms with Crippen molar-refractivity contribution in [3.05, 3.63) is 23.2 Å². The van der Waals surface area contributed by atoms with Gasteiger partial charge in [-0.05, 0) is 19.8 Å². The van der Waals surface area contributed by atoms with Crippen LogP contribution in [0, 0.1) is 18.8 Å². The van der Waals surface area contributed by atoms with Gasteiger partial charge in [0.05, 0.1) is 17.5 Å². The molecule has 6 nitrogen and oxygen atoms in total. The highest BCUT2D eigenvalue weighted by molar-refractivity contribution is 7.13. The molecule has 3 rings (SSSR count). The Balaban J connectivity index is 1.66. The van der Waals surface area contributed by atoms with Crippen LogP contribution in [0.1, 0.15) is 18.5 Å². The first-order valence-electron chi connectivity index (χ1n) is 6.78. The number of aryl methyl sites for hydroxylation is 1. The number of likely N-dealkylation sites (tertiary alicyclic amines) is 1. The number of allylic oxidation sites excluding steroid dienone is 2. The summed E-state index contributed by atoms with van der Waals surface area (Å²) in [4.78, 5) is 41.6. The van der Waals surface area contributed by atoms with Crippen LogP contribution in [0.3, 0.4) is 0 Å². The fourth-order valence-electron chi connectivity index (χ4n) is 2.74. The Morgan fingerprint density at radius 2 is 1.95 bits per heavy atom. The number of hydrogen-bond donors (Lipinski definition) is 1. The van der Waals surface area contributed by atoms with Crippen LogP contribution in [-0.2, 0) is 14.4 Å². The fourth-order valence-corrected chi connectivity index (χ4v) is 3.44. The Kier molecular flexibility index (Phi) is 3.59. The fraction of sp³-hybridized carbons (Fsp3) is 0.429. The van der Waals surface area contributed by atoms with Gasteiger partial charge in [-0.2, -0.15) is 0 Å². The number of hydrogen-bond acceptors (Lipinski definition) is 5. The van der Waals surface area contributed by atoms with Crippen molar-refractivity contribution < 1.29 is 14.4 Å². The van der Waals surface area contributed by atoms with E-state index in [9.17, 15) is 14.4 Å². The zero-order chi connectivity index (χ0) is 15.0. The van der Waals surface area contributed by atoms with Gasteiger partial charge in [0, 0.05) is 5.38 Å². The number of carbonyl (C=O) groups excluding carboxylic acids is 3. The van der Waals surface area contributed by atoms with Crippen molar-refractivity contribution >= 4 is 34.2 Å². The molecule has 1 saturated heterocycles. The number of anilines is 1. The van der Waals surface area contributed by atoms with E-state index in [-0.39, 0.29) is 30.2 Å². The molecule has 1 aliphatic carbocycles. The zero-order valence-electron chi connectivity index (χ0n) is 11.5. The van der Waals surface area contributed by atoms with E-state index < -0.39 is 5.91 Å². The quantitative estimate of drug-likeness (QED) is 0.675. The van der Waals surface area contributed by atoms with E-state index in [2.05, 4.69) is 10.3 Å². The summed E-state index contributed by atoms with van der Waals surface area (Å²) in [6.45, 7) is 1.60. The maximum Gasteiger partial charge on any atom is 0.246 e. The summed E-state index contributed by atoms with van der Waals surface area (Å²) in [6.07, 6.45) is 5.01. The molecule has 0 unspecified atom stereocenters. The summed E-state index contributed by atoms with van der Waals surface area (Å²) in [5, 5.41) is 4.92. The minimum atomic E-state index is -0.391. The topological polar surface area (TPSA) is 79.4 Å². The molecule has 1 aromatic heterocycles. The van der Waals surface area contributed by atoms with E-state index in [1.165, 1.54) is 11.3 Å². The summed E-state index contributed by atoms with van der Waals surface area (Å²) in [7, 11) is 0. The number of imide groups is 1. The lowest BCUT2D eigenvalue weighted by molar-refractivity contribution is -0.142. The van der Waals surface area contributed by atoms with E-state index in [1.807, 2.05) is 24.5 Å². The average molecular weight is 305 g/mol. The molecule has 0 bridgehead atoms. The van der Waals surface area contributed by atoms with E-state index in [1.54, 1.807) is 0 Å². The van der Waals surface area contributed by atoms with Crippen LogP contribution in [-0.4, -0.2) is 34.2 Å². The van der Waals surface area contributed by atoms with Crippen molar-refractivity contribution in [2.24, 2.45) is 11.8 Å². The van der Waals surface area contributed by atoms with Crippen LogP contribution in [0.5, 0.6) is 0 Å². The van der Waals surface area contributed by atoms with Crippen molar-refractivity contribution in [3.8, 4) is 0 Å². The predicted molar refractivity (Wildman–Crippen MR) is 77.6 cm³/mol. The molecule has 0 saturated carbocycles. The highest BCUT2D eigenvalue weighted by Gasteiger charge is 2.47. The third-order valence-corrected chi connectivity index (χ3v) is 4.64. The number of fused-ring (bicyclic) bond motifs is 1. The van der Waals surface area contributed by atoms with Gasteiger partial charge in [-0.3, -0.25) is 19.3 Å². The highest BCUT2D eigenvalue weighted by atomic mass is 32.1. The van der Waals surface area contributed by atoms with Crippen LogP contribution >= 0.6 is 11.3 Å². The van der Waals surface area contributed by atoms with Crippen molar-refractivity contribution in [2.45, 2.75) is 19.8 Å². The first kappa shape index (κ1) is 13.9. The van der Waals surface area contributed by atoms with Crippen molar-refractivity contribution in [1.82, 2.24) is 9.88 Å². The Morgan fingerprint density at radius 3 is 2.48 bits per heavy atom. The van der Waals surface area contributed by atoms with Crippen molar-refractivity contribution in [3.63, 3.8) is 0 Å². The number of rotatable bonds is 3. The normalized spacial score (nSPS) is 24.3. The maximum absolute atomic E-state index is 12.2. The lowest BCUT2D eigenvalue weighted by atomic mass is 9.85. The van der Waals surface area contributed by atoms with Gasteiger partial charge in [0.15, 0.2) is 5.13 Å². The first-order chi connectivity index (χ1) is 10.1. The number of thiazole rings is 1. The van der Waals surface area contributed by atoms with Gasteiger partial charge in [-0.1, -0.05) is 12.2 Å². The number of nitrogens with one attached hydrogen (secondary N) is 1. The molecule has 2 heterocycles. The summed E-state index contributed by atoms with van der Waals surface area (Å²) >= 11 is 1.32. The van der Waals surface area contributed by atoms with Gasteiger partial charge in [0.2, 0.25) is 17.7 Å². The highest BCUT2D eigenvalue weighted by Crippen LogP contribution is 2.34. The third kappa shape index (κ3) is 2.61. The van der Waals surface area contributed by atoms with E-state index in [0.717, 1.165) is 10.6 Å². The van der Waals surface area contributed by atoms with Gasteiger partial charge in [-0.15, -0.1) is 11.3 Å². The molecule has 1 N–H and O–H groups in total. The van der Waals surface area contributed by atoms with E-state index >= 15 is 0 Å². The van der Waals surface area contributed by atoms with Crippen molar-refractivity contribution in [2.75, 3.05) is 11.9 Å². The van der Waals surface area contributed by atoms with Gasteiger partial charge in [0.25, 0.3) is 0 Å². The van der Waals surface area contributed by atoms with E-state index in [0.29, 0.717) is 18.0 Å². The molecule has 2 aliphatic rings. The maximum atomic E-state index is 12.2. The smallest absolute Gasteiger partial charge is 0.246 e. The standard InChI is InChI=1S/C14H15N3O3S/c1-8-7-21-14(15-8)16-11(18)6-17-12(19)9-4-2-3-5-10(9)13(17)20/h2-3,7,9-10H,4-6H2,1H3,(H,15,16,18)/t9-,10+. The van der Waals surface area contributed by atoms with Crippen LogP contribution in [0.15, 0.2) is 17.5 Å². The lowest BCUT2D eigenvalue weighted by Crippen LogP contribution is -2.38. The van der Waals surface area contributed by atoms with Gasteiger partial charge < -0.3 is 5.32 Å². The molecule has 21 heavy (non-hydrogen) atoms. The SMILES string of the molecule is Cc1csc(NC(=O)CN2C(=O)[C@H]3CC=CC[C@H]3C2=O)n1. The molecule has 1 aliphatic heterocycles. The summed E-state index contributed by atoms with van der Waals surface area (Å²) < 4.78 is 0. The van der Waals surface area contributed by atoms with Crippen molar-refractivity contribution in [1.29, 1.82) is 0 Å². The largest absolute Gasteiger partial charge is 0.300 e. The molecule has 7 heteroatoms. The zero-order valence-corrected chi connectivity index (χ0v) is 12.4. The van der Waals surface area contributed by atoms with Crippen LogP contribution in [0.2, 0.25) is 0 Å². The minimum Gasteiger partial charge on any atom is -0.300 e. The Labute approximate surface area is 125 Å². The molecule has 0 aromatic carbocycles. The van der Waals surface area contributed by atoms with Gasteiger partial charge in [-0.25, -0.2) is 4.98 Å². The third-order valence-electron chi connectivity index (χ3n) is 3.77. The molecule has 3 amide bonds. The average Bonchev–Trinajstić information content (AvgIpc) is 2.97. The van der Waals surface area contributed by atoms with Crippen LogP contribution in [0.25, 0.3) is 0 Å². The van der Waals surface area contributed by atoms with Crippen LogP contribution < -0.4 is 5.32 Å². The summed E-state index contributed by atoms with van der Waals surface area (Å²) in [5.74, 6) is -1.45.